The fourth-order valence-corrected chi connectivity index (χ4v) is 1.86. The van der Waals surface area contributed by atoms with Crippen molar-refractivity contribution in [3.05, 3.63) is 29.8 Å². The Morgan fingerprint density at radius 2 is 2.18 bits per heavy atom. The molecule has 0 bridgehead atoms. The Morgan fingerprint density at radius 3 is 2.76 bits per heavy atom. The van der Waals surface area contributed by atoms with Gasteiger partial charge in [-0.3, -0.25) is 5.32 Å². The summed E-state index contributed by atoms with van der Waals surface area (Å²) in [6.07, 6.45) is -0.160. The Labute approximate surface area is 99.3 Å². The van der Waals surface area contributed by atoms with E-state index in [0.29, 0.717) is 6.61 Å². The van der Waals surface area contributed by atoms with Crippen LogP contribution in [0.25, 0.3) is 0 Å². The van der Waals surface area contributed by atoms with Gasteiger partial charge in [0.25, 0.3) is 0 Å². The highest BCUT2D eigenvalue weighted by atomic mass is 16.5. The van der Waals surface area contributed by atoms with Gasteiger partial charge in [0, 0.05) is 6.04 Å². The molecule has 0 amide bonds. The fraction of sp³-hybridized carbons (Fsp3) is 0.417. The van der Waals surface area contributed by atoms with E-state index in [2.05, 4.69) is 5.32 Å². The molecule has 2 unspecified atom stereocenters. The number of nitrogens with one attached hydrogen (secondary N) is 1. The highest BCUT2D eigenvalue weighted by Crippen LogP contribution is 2.23. The van der Waals surface area contributed by atoms with Crippen molar-refractivity contribution in [3.8, 4) is 5.75 Å². The number of ether oxygens (including phenoxy) is 2. The zero-order valence-electron chi connectivity index (χ0n) is 9.55. The summed E-state index contributed by atoms with van der Waals surface area (Å²) in [7, 11) is 1.61. The lowest BCUT2D eigenvalue weighted by Crippen LogP contribution is -2.45. The van der Waals surface area contributed by atoms with E-state index < -0.39 is 12.2 Å². The van der Waals surface area contributed by atoms with Gasteiger partial charge in [-0.05, 0) is 24.1 Å². The van der Waals surface area contributed by atoms with Gasteiger partial charge in [-0.2, -0.15) is 0 Å². The van der Waals surface area contributed by atoms with Crippen molar-refractivity contribution in [3.63, 3.8) is 0 Å². The van der Waals surface area contributed by atoms with Crippen molar-refractivity contribution in [2.75, 3.05) is 13.7 Å². The lowest BCUT2D eigenvalue weighted by Gasteiger charge is -2.29. The number of hydrogen-bond donors (Lipinski definition) is 2. The van der Waals surface area contributed by atoms with E-state index >= 15 is 0 Å². The van der Waals surface area contributed by atoms with Crippen molar-refractivity contribution in [2.24, 2.45) is 0 Å². The molecule has 17 heavy (non-hydrogen) atoms. The van der Waals surface area contributed by atoms with Crippen LogP contribution in [-0.4, -0.2) is 31.0 Å². The average molecular weight is 237 g/mol. The Morgan fingerprint density at radius 1 is 1.47 bits per heavy atom. The van der Waals surface area contributed by atoms with E-state index in [-0.39, 0.29) is 6.04 Å². The lowest BCUT2D eigenvalue weighted by molar-refractivity contribution is -0.157. The number of benzene rings is 1. The summed E-state index contributed by atoms with van der Waals surface area (Å²) in [5.41, 5.74) is 1.04. The van der Waals surface area contributed by atoms with Crippen LogP contribution < -0.4 is 10.1 Å². The third kappa shape index (κ3) is 2.75. The minimum absolute atomic E-state index is 0.00996. The van der Waals surface area contributed by atoms with Crippen molar-refractivity contribution in [2.45, 2.75) is 18.7 Å². The fourth-order valence-electron chi connectivity index (χ4n) is 1.86. The summed E-state index contributed by atoms with van der Waals surface area (Å²) in [4.78, 5) is 10.8. The monoisotopic (exact) mass is 237 g/mol. The third-order valence-corrected chi connectivity index (χ3v) is 2.79. The Kier molecular flexibility index (Phi) is 3.61. The van der Waals surface area contributed by atoms with Crippen LogP contribution in [0.3, 0.4) is 0 Å². The van der Waals surface area contributed by atoms with Gasteiger partial charge in [0.2, 0.25) is 6.23 Å². The first-order valence-corrected chi connectivity index (χ1v) is 5.45. The molecule has 0 saturated carbocycles. The highest BCUT2D eigenvalue weighted by Gasteiger charge is 2.27. The van der Waals surface area contributed by atoms with E-state index in [0.717, 1.165) is 17.7 Å². The van der Waals surface area contributed by atoms with Crippen LogP contribution in [0.15, 0.2) is 24.3 Å². The molecule has 1 aromatic carbocycles. The topological polar surface area (TPSA) is 67.8 Å². The van der Waals surface area contributed by atoms with E-state index in [1.807, 2.05) is 24.3 Å². The zero-order chi connectivity index (χ0) is 12.3. The van der Waals surface area contributed by atoms with Crippen LogP contribution in [0.5, 0.6) is 5.75 Å². The molecule has 1 heterocycles. The van der Waals surface area contributed by atoms with Gasteiger partial charge in [-0.25, -0.2) is 4.79 Å². The van der Waals surface area contributed by atoms with Gasteiger partial charge in [0.15, 0.2) is 0 Å². The maximum Gasteiger partial charge on any atom is 0.348 e. The van der Waals surface area contributed by atoms with Crippen LogP contribution >= 0.6 is 0 Å². The van der Waals surface area contributed by atoms with Gasteiger partial charge in [0.05, 0.1) is 13.7 Å². The van der Waals surface area contributed by atoms with Crippen LogP contribution in [0.2, 0.25) is 0 Å². The first-order chi connectivity index (χ1) is 8.20. The van der Waals surface area contributed by atoms with E-state index in [9.17, 15) is 4.79 Å². The molecule has 5 nitrogen and oxygen atoms in total. The van der Waals surface area contributed by atoms with E-state index in [1.54, 1.807) is 7.11 Å². The smallest absolute Gasteiger partial charge is 0.348 e. The molecular formula is C12H15NO4. The molecule has 0 radical (unpaired) electrons. The molecule has 92 valence electrons. The summed E-state index contributed by atoms with van der Waals surface area (Å²) in [6.45, 7) is 0.445. The standard InChI is InChI=1S/C12H15NO4/c1-16-9-4-2-8(3-5-9)10-6-7-17-11(13-10)12(14)15/h2-5,10-11,13H,6-7H2,1H3,(H,14,15). The minimum Gasteiger partial charge on any atom is -0.497 e. The summed E-state index contributed by atoms with van der Waals surface area (Å²) in [5.74, 6) is -0.196. The zero-order valence-corrected chi connectivity index (χ0v) is 9.55. The SMILES string of the molecule is COc1ccc(C2CCOC(C(=O)O)N2)cc1. The maximum atomic E-state index is 10.8. The summed E-state index contributed by atoms with van der Waals surface area (Å²) >= 11 is 0. The van der Waals surface area contributed by atoms with Crippen LogP contribution in [0, 0.1) is 0 Å². The van der Waals surface area contributed by atoms with E-state index in [4.69, 9.17) is 14.6 Å². The third-order valence-electron chi connectivity index (χ3n) is 2.79. The minimum atomic E-state index is -0.983. The molecule has 0 aliphatic carbocycles. The number of carboxylic acids is 1. The van der Waals surface area contributed by atoms with Crippen molar-refractivity contribution in [1.29, 1.82) is 0 Å². The van der Waals surface area contributed by atoms with Crippen molar-refractivity contribution in [1.82, 2.24) is 5.32 Å². The van der Waals surface area contributed by atoms with Gasteiger partial charge in [0.1, 0.15) is 5.75 Å². The molecule has 1 aliphatic rings. The summed E-state index contributed by atoms with van der Waals surface area (Å²) in [5, 5.41) is 11.8. The quantitative estimate of drug-likeness (QED) is 0.825. The number of carboxylic acid groups (broad SMARTS) is 1. The Balaban J connectivity index is 2.08. The molecule has 1 fully saturated rings. The molecule has 0 aromatic heterocycles. The average Bonchev–Trinajstić information content (AvgIpc) is 2.39. The molecule has 1 saturated heterocycles. The Hall–Kier alpha value is -1.59. The molecule has 0 spiro atoms. The van der Waals surface area contributed by atoms with Crippen LogP contribution in [-0.2, 0) is 9.53 Å². The predicted octanol–water partition coefficient (Wildman–Crippen LogP) is 1.16. The van der Waals surface area contributed by atoms with Gasteiger partial charge in [-0.1, -0.05) is 12.1 Å². The van der Waals surface area contributed by atoms with Crippen LogP contribution in [0.1, 0.15) is 18.0 Å². The molecule has 5 heteroatoms. The molecule has 2 N–H and O–H groups in total. The largest absolute Gasteiger partial charge is 0.497 e. The molecular weight excluding hydrogens is 222 g/mol. The predicted molar refractivity (Wildman–Crippen MR) is 60.9 cm³/mol. The molecule has 1 aromatic rings. The van der Waals surface area contributed by atoms with Crippen LogP contribution in [0.4, 0.5) is 0 Å². The maximum absolute atomic E-state index is 10.8. The van der Waals surface area contributed by atoms with Crippen molar-refractivity contribution >= 4 is 5.97 Å². The van der Waals surface area contributed by atoms with Crippen molar-refractivity contribution < 1.29 is 19.4 Å². The van der Waals surface area contributed by atoms with Gasteiger partial charge < -0.3 is 14.6 Å². The van der Waals surface area contributed by atoms with E-state index in [1.165, 1.54) is 0 Å². The molecule has 1 aliphatic heterocycles. The second-order valence-corrected chi connectivity index (χ2v) is 3.87. The summed E-state index contributed by atoms with van der Waals surface area (Å²) in [6, 6.07) is 7.60. The second kappa shape index (κ2) is 5.16. The second-order valence-electron chi connectivity index (χ2n) is 3.87. The number of rotatable bonds is 3. The molecule has 2 rings (SSSR count). The number of methoxy groups -OCH3 is 1. The lowest BCUT2D eigenvalue weighted by atomic mass is 10.0. The van der Waals surface area contributed by atoms with Gasteiger partial charge >= 0.3 is 5.97 Å². The normalized spacial score (nSPS) is 24.3. The number of hydrogen-bond acceptors (Lipinski definition) is 4. The first kappa shape index (κ1) is 11.9. The first-order valence-electron chi connectivity index (χ1n) is 5.45. The van der Waals surface area contributed by atoms with Gasteiger partial charge in [-0.15, -0.1) is 0 Å². The number of carbonyl (C=O) groups is 1. The molecule has 2 atom stereocenters. The summed E-state index contributed by atoms with van der Waals surface area (Å²) < 4.78 is 10.2. The Bertz CT molecular complexity index is 390. The highest BCUT2D eigenvalue weighted by molar-refractivity contribution is 5.72. The number of aliphatic carboxylic acids is 1.